The first kappa shape index (κ1) is 42.8. The van der Waals surface area contributed by atoms with Gasteiger partial charge in [0.05, 0.1) is 5.69 Å². The van der Waals surface area contributed by atoms with Crippen LogP contribution in [0.25, 0.3) is 22.3 Å². The minimum absolute atomic E-state index is 0.0209. The second kappa shape index (κ2) is 15.4. The molecule has 2 aliphatic heterocycles. The predicted molar refractivity (Wildman–Crippen MR) is 307 cm³/mol. The molecule has 0 fully saturated rings. The van der Waals surface area contributed by atoms with Crippen molar-refractivity contribution in [1.29, 1.82) is 0 Å². The van der Waals surface area contributed by atoms with E-state index >= 15 is 0 Å². The van der Waals surface area contributed by atoms with Crippen molar-refractivity contribution < 1.29 is 4.11 Å². The van der Waals surface area contributed by atoms with Crippen LogP contribution in [0.15, 0.2) is 127 Å². The third-order valence-electron chi connectivity index (χ3n) is 18.6. The number of nitrogens with zero attached hydrogens (tertiary/aromatic N) is 2. The number of anilines is 6. The number of hydrogen-bond donors (Lipinski definition) is 0. The average Bonchev–Trinajstić information content (AvgIpc) is 3.51. The van der Waals surface area contributed by atoms with Crippen molar-refractivity contribution in [2.24, 2.45) is 0 Å². The zero-order valence-electron chi connectivity index (χ0n) is 47.8. The molecule has 0 spiro atoms. The van der Waals surface area contributed by atoms with Gasteiger partial charge < -0.3 is 9.80 Å². The lowest BCUT2D eigenvalue weighted by molar-refractivity contribution is 0.332. The number of aryl methyl sites for hydroxylation is 2. The molecule has 2 nitrogen and oxygen atoms in total. The first-order chi connectivity index (χ1) is 34.7. The van der Waals surface area contributed by atoms with E-state index < -0.39 is 6.85 Å². The summed E-state index contributed by atoms with van der Waals surface area (Å²) in [5, 5.41) is 0. The van der Waals surface area contributed by atoms with Gasteiger partial charge in [-0.25, -0.2) is 0 Å². The molecule has 3 aliphatic carbocycles. The van der Waals surface area contributed by atoms with Crippen LogP contribution in [0.1, 0.15) is 171 Å². The van der Waals surface area contributed by atoms with E-state index in [0.29, 0.717) is 0 Å². The molecule has 3 heteroatoms. The van der Waals surface area contributed by atoms with E-state index in [-0.39, 0.29) is 45.6 Å². The first-order valence-corrected chi connectivity index (χ1v) is 26.7. The molecular formula is C68H75BN2. The van der Waals surface area contributed by atoms with Gasteiger partial charge in [-0.15, -0.1) is 0 Å². The van der Waals surface area contributed by atoms with Crippen LogP contribution < -0.4 is 26.2 Å². The molecule has 0 bridgehead atoms. The third kappa shape index (κ3) is 6.94. The van der Waals surface area contributed by atoms with Gasteiger partial charge in [0.25, 0.3) is 6.71 Å². The van der Waals surface area contributed by atoms with Crippen molar-refractivity contribution in [3.8, 4) is 22.3 Å². The highest BCUT2D eigenvalue weighted by Crippen LogP contribution is 2.56. The van der Waals surface area contributed by atoms with E-state index in [9.17, 15) is 0 Å². The largest absolute Gasteiger partial charge is 0.311 e. The zero-order valence-corrected chi connectivity index (χ0v) is 44.8. The molecule has 2 heterocycles. The van der Waals surface area contributed by atoms with Crippen molar-refractivity contribution in [3.05, 3.63) is 172 Å². The molecule has 0 atom stereocenters. The molecule has 0 unspecified atom stereocenters. The Morgan fingerprint density at radius 2 is 0.859 bits per heavy atom. The zero-order chi connectivity index (χ0) is 52.4. The average molecular weight is 934 g/mol. The summed E-state index contributed by atoms with van der Waals surface area (Å²) < 4.78 is 26.6. The van der Waals surface area contributed by atoms with Gasteiger partial charge in [0, 0.05) is 38.1 Å². The lowest BCUT2D eigenvalue weighted by atomic mass is 9.32. The molecule has 12 rings (SSSR count). The summed E-state index contributed by atoms with van der Waals surface area (Å²) in [5.41, 5.74) is 25.8. The standard InChI is InChI=1S/C68H75BN2/c1-15-43-33-60-62-61(34-43)71(57-38-53-48(32-42(57)2)67(11,12)41-68(53,13)14)59-40-52-50(64(5,6)29-31-66(52,9)10)37-55(59)69(62)54-36-49-51(65(7,8)30-28-63(49,3)4)39-58(54)70(60)56-27-26-46(44-22-18-16-19-23-44)35-47(56)45-24-20-17-21-25-45/h16-27,32-40H,15,28-31,41H2,1-14H3/i1D3. The van der Waals surface area contributed by atoms with Gasteiger partial charge in [0.1, 0.15) is 0 Å². The number of fused-ring (bicyclic) bond motifs is 7. The summed E-state index contributed by atoms with van der Waals surface area (Å²) >= 11 is 0. The Labute approximate surface area is 431 Å². The van der Waals surface area contributed by atoms with E-state index in [4.69, 9.17) is 4.11 Å². The van der Waals surface area contributed by atoms with Crippen molar-refractivity contribution in [2.75, 3.05) is 9.80 Å². The van der Waals surface area contributed by atoms with E-state index in [1.54, 1.807) is 0 Å². The molecule has 0 saturated carbocycles. The molecule has 71 heavy (non-hydrogen) atoms. The Morgan fingerprint density at radius 1 is 0.423 bits per heavy atom. The Balaban J connectivity index is 1.25. The van der Waals surface area contributed by atoms with Crippen LogP contribution in [0.2, 0.25) is 0 Å². The van der Waals surface area contributed by atoms with E-state index in [1.165, 1.54) is 78.0 Å². The van der Waals surface area contributed by atoms with Gasteiger partial charge in [-0.3, -0.25) is 0 Å². The SMILES string of the molecule is [2H]C([2H])([2H])Cc1cc2c3c(c1)N(c1ccc(-c4ccccc4)cc1-c1ccccc1)c1cc4c(cc1B3c1cc3c(cc1N2c1cc2c(cc1C)C(C)(C)CC2(C)C)C(C)(C)CCC3(C)C)C(C)(C)CCC4(C)C. The van der Waals surface area contributed by atoms with E-state index in [1.807, 2.05) is 0 Å². The van der Waals surface area contributed by atoms with Crippen molar-refractivity contribution in [1.82, 2.24) is 0 Å². The Bertz CT molecular complexity index is 3470. The molecule has 360 valence electrons. The Morgan fingerprint density at radius 3 is 1.37 bits per heavy atom. The number of hydrogen-bond acceptors (Lipinski definition) is 2. The summed E-state index contributed by atoms with van der Waals surface area (Å²) in [4.78, 5) is 5.17. The highest BCUT2D eigenvalue weighted by atomic mass is 15.2. The smallest absolute Gasteiger partial charge is 0.252 e. The maximum Gasteiger partial charge on any atom is 0.252 e. The van der Waals surface area contributed by atoms with Crippen LogP contribution in [0.3, 0.4) is 0 Å². The van der Waals surface area contributed by atoms with Crippen LogP contribution in [0.5, 0.6) is 0 Å². The highest BCUT2D eigenvalue weighted by Gasteiger charge is 2.50. The van der Waals surface area contributed by atoms with Gasteiger partial charge in [-0.05, 0) is 198 Å². The van der Waals surface area contributed by atoms with Crippen LogP contribution in [0.4, 0.5) is 34.1 Å². The van der Waals surface area contributed by atoms with Crippen molar-refractivity contribution in [2.45, 2.75) is 168 Å². The second-order valence-corrected chi connectivity index (χ2v) is 26.4. The normalized spacial score (nSPS) is 20.6. The monoisotopic (exact) mass is 934 g/mol. The van der Waals surface area contributed by atoms with Gasteiger partial charge in [-0.2, -0.15) is 0 Å². The van der Waals surface area contributed by atoms with Gasteiger partial charge >= 0.3 is 0 Å². The Kier molecular flexibility index (Phi) is 9.27. The van der Waals surface area contributed by atoms with Crippen LogP contribution >= 0.6 is 0 Å². The fraction of sp³-hybridized carbons (Fsp3) is 0.382. The minimum Gasteiger partial charge on any atom is -0.311 e. The van der Waals surface area contributed by atoms with E-state index in [2.05, 4.69) is 227 Å². The summed E-state index contributed by atoms with van der Waals surface area (Å²) in [6.07, 6.45) is 5.49. The molecule has 7 aromatic carbocycles. The topological polar surface area (TPSA) is 6.48 Å². The predicted octanol–water partition coefficient (Wildman–Crippen LogP) is 16.6. The van der Waals surface area contributed by atoms with E-state index in [0.717, 1.165) is 71.4 Å². The molecule has 7 aromatic rings. The van der Waals surface area contributed by atoms with Crippen molar-refractivity contribution in [3.63, 3.8) is 0 Å². The second-order valence-electron chi connectivity index (χ2n) is 26.4. The quantitative estimate of drug-likeness (QED) is 0.159. The molecule has 5 aliphatic rings. The van der Waals surface area contributed by atoms with Crippen molar-refractivity contribution >= 4 is 57.2 Å². The molecule has 0 amide bonds. The fourth-order valence-electron chi connectivity index (χ4n) is 14.5. The maximum atomic E-state index is 8.88. The number of benzene rings is 7. The summed E-state index contributed by atoms with van der Waals surface area (Å²) in [6, 6.07) is 48.7. The molecule has 0 N–H and O–H groups in total. The number of rotatable bonds is 5. The molecule has 0 saturated heterocycles. The molecule has 0 radical (unpaired) electrons. The lowest BCUT2D eigenvalue weighted by Gasteiger charge is -2.49. The lowest BCUT2D eigenvalue weighted by Crippen LogP contribution is -2.62. The summed E-state index contributed by atoms with van der Waals surface area (Å²) in [7, 11) is 0. The van der Waals surface area contributed by atoms with Crippen LogP contribution in [-0.2, 0) is 38.9 Å². The third-order valence-corrected chi connectivity index (χ3v) is 18.6. The van der Waals surface area contributed by atoms with Gasteiger partial charge in [0.15, 0.2) is 0 Å². The summed E-state index contributed by atoms with van der Waals surface area (Å²) in [6.45, 7) is 29.3. The minimum atomic E-state index is -2.19. The van der Waals surface area contributed by atoms with Gasteiger partial charge in [0.2, 0.25) is 0 Å². The highest BCUT2D eigenvalue weighted by molar-refractivity contribution is 7.00. The maximum absolute atomic E-state index is 8.88. The summed E-state index contributed by atoms with van der Waals surface area (Å²) in [5.74, 6) is 0. The first-order valence-electron chi connectivity index (χ1n) is 28.2. The molecular weight excluding hydrogens is 856 g/mol. The van der Waals surface area contributed by atoms with Crippen LogP contribution in [-0.4, -0.2) is 6.71 Å². The van der Waals surface area contributed by atoms with Gasteiger partial charge in [-0.1, -0.05) is 175 Å². The molecule has 0 aromatic heterocycles. The Hall–Kier alpha value is -5.80. The fourth-order valence-corrected chi connectivity index (χ4v) is 14.5. The van der Waals surface area contributed by atoms with Crippen LogP contribution in [0, 0.1) is 6.92 Å².